The average Bonchev–Trinajstić information content (AvgIpc) is 3.27. The lowest BCUT2D eigenvalue weighted by molar-refractivity contribution is -0.129. The Labute approximate surface area is 182 Å². The largest absolute Gasteiger partial charge is 0.449 e. The third kappa shape index (κ3) is 6.12. The van der Waals surface area contributed by atoms with Crippen molar-refractivity contribution in [2.24, 2.45) is 0 Å². The molecule has 0 saturated heterocycles. The van der Waals surface area contributed by atoms with Crippen LogP contribution in [0, 0.1) is 5.82 Å². The van der Waals surface area contributed by atoms with Gasteiger partial charge in [-0.3, -0.25) is 9.52 Å². The molecule has 10 heteroatoms. The van der Waals surface area contributed by atoms with Crippen molar-refractivity contribution in [1.29, 1.82) is 0 Å². The summed E-state index contributed by atoms with van der Waals surface area (Å²) in [6.07, 6.45) is -1.06. The summed E-state index contributed by atoms with van der Waals surface area (Å²) in [4.78, 5) is 25.3. The molecule has 1 amide bonds. The summed E-state index contributed by atoms with van der Waals surface area (Å²) >= 11 is 1.49. The van der Waals surface area contributed by atoms with Crippen molar-refractivity contribution < 1.29 is 27.1 Å². The van der Waals surface area contributed by atoms with Crippen LogP contribution in [-0.2, 0) is 26.1 Å². The number of carbonyl (C=O) groups excluding carboxylic acids is 2. The Kier molecular flexibility index (Phi) is 7.03. The number of benzene rings is 2. The molecule has 0 aliphatic heterocycles. The Morgan fingerprint density at radius 1 is 1.10 bits per heavy atom. The van der Waals surface area contributed by atoms with Crippen LogP contribution in [0.15, 0.2) is 70.9 Å². The van der Waals surface area contributed by atoms with Crippen molar-refractivity contribution in [2.75, 3.05) is 4.72 Å². The van der Waals surface area contributed by atoms with Gasteiger partial charge in [0.2, 0.25) is 0 Å². The summed E-state index contributed by atoms with van der Waals surface area (Å²) in [7, 11) is -4.02. The highest BCUT2D eigenvalue weighted by atomic mass is 32.2. The summed E-state index contributed by atoms with van der Waals surface area (Å²) in [6.45, 7) is 1.75. The standard InChI is InChI=1S/C21H19FN2O5S2/c1-14(20(25)23-13-18-5-3-11-30-18)29-21(26)15-4-2-6-19(12-15)31(27,28)24-17-9-7-16(22)8-10-17/h2-12,14,24H,13H2,1H3,(H,23,25). The van der Waals surface area contributed by atoms with E-state index in [1.54, 1.807) is 0 Å². The number of hydrogen-bond acceptors (Lipinski definition) is 6. The van der Waals surface area contributed by atoms with E-state index in [9.17, 15) is 22.4 Å². The van der Waals surface area contributed by atoms with Crippen molar-refractivity contribution in [3.8, 4) is 0 Å². The van der Waals surface area contributed by atoms with Gasteiger partial charge in [-0.15, -0.1) is 11.3 Å². The molecule has 162 valence electrons. The lowest BCUT2D eigenvalue weighted by atomic mass is 10.2. The van der Waals surface area contributed by atoms with Crippen LogP contribution < -0.4 is 10.0 Å². The van der Waals surface area contributed by atoms with Crippen LogP contribution in [0.5, 0.6) is 0 Å². The minimum Gasteiger partial charge on any atom is -0.449 e. The van der Waals surface area contributed by atoms with E-state index < -0.39 is 33.8 Å². The van der Waals surface area contributed by atoms with E-state index in [0.29, 0.717) is 6.54 Å². The number of carbonyl (C=O) groups is 2. The molecule has 3 rings (SSSR count). The van der Waals surface area contributed by atoms with E-state index in [1.807, 2.05) is 17.5 Å². The Bertz CT molecular complexity index is 1160. The maximum atomic E-state index is 13.0. The van der Waals surface area contributed by atoms with Crippen molar-refractivity contribution in [3.63, 3.8) is 0 Å². The number of amides is 1. The molecule has 1 atom stereocenters. The fourth-order valence-electron chi connectivity index (χ4n) is 2.54. The number of thiophene rings is 1. The van der Waals surface area contributed by atoms with Crippen LogP contribution in [0.3, 0.4) is 0 Å². The molecule has 2 N–H and O–H groups in total. The van der Waals surface area contributed by atoms with Crippen molar-refractivity contribution in [3.05, 3.63) is 82.3 Å². The van der Waals surface area contributed by atoms with Gasteiger partial charge in [0, 0.05) is 10.6 Å². The third-order valence-corrected chi connectivity index (χ3v) is 6.40. The first-order chi connectivity index (χ1) is 14.7. The van der Waals surface area contributed by atoms with Crippen LogP contribution in [0.2, 0.25) is 0 Å². The SMILES string of the molecule is CC(OC(=O)c1cccc(S(=O)(=O)Nc2ccc(F)cc2)c1)C(=O)NCc1cccs1. The molecule has 3 aromatic rings. The highest BCUT2D eigenvalue weighted by Gasteiger charge is 2.21. The molecule has 1 heterocycles. The molecule has 0 saturated carbocycles. The zero-order valence-electron chi connectivity index (χ0n) is 16.4. The fourth-order valence-corrected chi connectivity index (χ4v) is 4.28. The average molecular weight is 463 g/mol. The first kappa shape index (κ1) is 22.4. The smallest absolute Gasteiger partial charge is 0.338 e. The molecule has 0 spiro atoms. The summed E-state index contributed by atoms with van der Waals surface area (Å²) in [5.41, 5.74) is 0.144. The van der Waals surface area contributed by atoms with Gasteiger partial charge in [0.1, 0.15) is 5.82 Å². The van der Waals surface area contributed by atoms with Crippen molar-refractivity contribution >= 4 is 38.9 Å². The Balaban J connectivity index is 1.64. The number of rotatable bonds is 8. The minimum atomic E-state index is -4.02. The third-order valence-electron chi connectivity index (χ3n) is 4.15. The number of esters is 1. The predicted molar refractivity (Wildman–Crippen MR) is 115 cm³/mol. The van der Waals surface area contributed by atoms with Gasteiger partial charge in [-0.2, -0.15) is 0 Å². The van der Waals surface area contributed by atoms with Crippen LogP contribution >= 0.6 is 11.3 Å². The first-order valence-corrected chi connectivity index (χ1v) is 11.5. The van der Waals surface area contributed by atoms with E-state index in [-0.39, 0.29) is 16.1 Å². The van der Waals surface area contributed by atoms with Crippen LogP contribution in [-0.4, -0.2) is 26.4 Å². The van der Waals surface area contributed by atoms with Gasteiger partial charge in [-0.25, -0.2) is 17.6 Å². The van der Waals surface area contributed by atoms with Gasteiger partial charge in [-0.1, -0.05) is 12.1 Å². The molecule has 1 unspecified atom stereocenters. The second-order valence-electron chi connectivity index (χ2n) is 6.48. The summed E-state index contributed by atoms with van der Waals surface area (Å²) in [5.74, 6) is -1.80. The van der Waals surface area contributed by atoms with Gasteiger partial charge in [0.05, 0.1) is 17.0 Å². The second-order valence-corrected chi connectivity index (χ2v) is 9.20. The molecule has 1 aromatic heterocycles. The lowest BCUT2D eigenvalue weighted by Crippen LogP contribution is -2.35. The minimum absolute atomic E-state index is 0.0279. The highest BCUT2D eigenvalue weighted by molar-refractivity contribution is 7.92. The molecule has 0 aliphatic rings. The lowest BCUT2D eigenvalue weighted by Gasteiger charge is -2.14. The molecule has 31 heavy (non-hydrogen) atoms. The Hall–Kier alpha value is -3.24. The van der Waals surface area contributed by atoms with E-state index in [0.717, 1.165) is 23.1 Å². The normalized spacial score (nSPS) is 12.1. The molecule has 0 aliphatic carbocycles. The highest BCUT2D eigenvalue weighted by Crippen LogP contribution is 2.18. The van der Waals surface area contributed by atoms with E-state index >= 15 is 0 Å². The van der Waals surface area contributed by atoms with Crippen molar-refractivity contribution in [1.82, 2.24) is 5.32 Å². The maximum absolute atomic E-state index is 13.0. The topological polar surface area (TPSA) is 102 Å². The molecule has 0 radical (unpaired) electrons. The van der Waals surface area contributed by atoms with E-state index in [4.69, 9.17) is 4.74 Å². The van der Waals surface area contributed by atoms with Crippen LogP contribution in [0.25, 0.3) is 0 Å². The molecule has 7 nitrogen and oxygen atoms in total. The fraction of sp³-hybridized carbons (Fsp3) is 0.143. The number of ether oxygens (including phenoxy) is 1. The summed E-state index contributed by atoms with van der Waals surface area (Å²) < 4.78 is 45.6. The Morgan fingerprint density at radius 2 is 1.84 bits per heavy atom. The quantitative estimate of drug-likeness (QED) is 0.499. The molecule has 0 fully saturated rings. The zero-order chi connectivity index (χ0) is 22.4. The number of hydrogen-bond donors (Lipinski definition) is 2. The van der Waals surface area contributed by atoms with Gasteiger partial charge < -0.3 is 10.1 Å². The van der Waals surface area contributed by atoms with Gasteiger partial charge >= 0.3 is 5.97 Å². The summed E-state index contributed by atoms with van der Waals surface area (Å²) in [6, 6.07) is 13.8. The van der Waals surface area contributed by atoms with Gasteiger partial charge in [0.15, 0.2) is 6.10 Å². The molecule has 2 aromatic carbocycles. The number of nitrogens with one attached hydrogen (secondary N) is 2. The van der Waals surface area contributed by atoms with Crippen molar-refractivity contribution in [2.45, 2.75) is 24.5 Å². The van der Waals surface area contributed by atoms with Crippen LogP contribution in [0.4, 0.5) is 10.1 Å². The number of sulfonamides is 1. The maximum Gasteiger partial charge on any atom is 0.338 e. The Morgan fingerprint density at radius 3 is 2.52 bits per heavy atom. The van der Waals surface area contributed by atoms with Gasteiger partial charge in [0.25, 0.3) is 15.9 Å². The monoisotopic (exact) mass is 462 g/mol. The number of anilines is 1. The van der Waals surface area contributed by atoms with E-state index in [2.05, 4.69) is 10.0 Å². The first-order valence-electron chi connectivity index (χ1n) is 9.14. The summed E-state index contributed by atoms with van der Waals surface area (Å²) in [5, 5.41) is 4.56. The van der Waals surface area contributed by atoms with Crippen LogP contribution in [0.1, 0.15) is 22.2 Å². The zero-order valence-corrected chi connectivity index (χ0v) is 18.0. The van der Waals surface area contributed by atoms with E-state index in [1.165, 1.54) is 48.6 Å². The van der Waals surface area contributed by atoms with Gasteiger partial charge in [-0.05, 0) is 60.8 Å². The molecular weight excluding hydrogens is 443 g/mol. The second kappa shape index (κ2) is 9.71. The molecular formula is C21H19FN2O5S2. The molecule has 0 bridgehead atoms. The number of halogens is 1. The predicted octanol–water partition coefficient (Wildman–Crippen LogP) is 3.55.